The maximum absolute atomic E-state index is 13.7. The number of carbonyl (C=O) groups is 4. The number of rotatable bonds is 12. The number of benzene rings is 3. The van der Waals surface area contributed by atoms with Crippen molar-refractivity contribution in [1.29, 1.82) is 0 Å². The quantitative estimate of drug-likeness (QED) is 0.132. The van der Waals surface area contributed by atoms with E-state index >= 15 is 0 Å². The van der Waals surface area contributed by atoms with Crippen LogP contribution in [0, 0.1) is 5.92 Å². The summed E-state index contributed by atoms with van der Waals surface area (Å²) in [6, 6.07) is 23.9. The molecule has 2 amide bonds. The van der Waals surface area contributed by atoms with E-state index < -0.39 is 35.7 Å². The van der Waals surface area contributed by atoms with Crippen LogP contribution in [0.25, 0.3) is 22.2 Å². The molecule has 0 unspecified atom stereocenters. The van der Waals surface area contributed by atoms with Crippen molar-refractivity contribution in [2.45, 2.75) is 45.7 Å². The fourth-order valence-corrected chi connectivity index (χ4v) is 4.80. The van der Waals surface area contributed by atoms with Gasteiger partial charge >= 0.3 is 5.97 Å². The number of fused-ring (bicyclic) bond motifs is 1. The van der Waals surface area contributed by atoms with E-state index in [2.05, 4.69) is 15.6 Å². The Balaban J connectivity index is 1.59. The van der Waals surface area contributed by atoms with Gasteiger partial charge in [0.2, 0.25) is 5.91 Å². The first kappa shape index (κ1) is 29.3. The van der Waals surface area contributed by atoms with Crippen LogP contribution in [0.5, 0.6) is 0 Å². The zero-order valence-corrected chi connectivity index (χ0v) is 23.5. The average molecular weight is 554 g/mol. The zero-order chi connectivity index (χ0) is 29.4. The lowest BCUT2D eigenvalue weighted by atomic mass is 9.99. The number of aromatic nitrogens is 1. The van der Waals surface area contributed by atoms with Gasteiger partial charge in [-0.3, -0.25) is 14.4 Å². The second-order valence-electron chi connectivity index (χ2n) is 10.3. The van der Waals surface area contributed by atoms with Crippen LogP contribution >= 0.6 is 0 Å². The lowest BCUT2D eigenvalue weighted by Gasteiger charge is -2.23. The number of aromatic amines is 1. The highest BCUT2D eigenvalue weighted by atomic mass is 16.5. The molecule has 3 N–H and O–H groups in total. The molecule has 0 aliphatic heterocycles. The van der Waals surface area contributed by atoms with E-state index in [1.165, 1.54) is 0 Å². The van der Waals surface area contributed by atoms with Crippen molar-refractivity contribution in [3.8, 4) is 11.3 Å². The number of amides is 2. The molecule has 0 aliphatic rings. The van der Waals surface area contributed by atoms with Crippen LogP contribution in [0.4, 0.5) is 0 Å². The van der Waals surface area contributed by atoms with Gasteiger partial charge in [0.05, 0.1) is 17.9 Å². The smallest absolute Gasteiger partial charge is 0.328 e. The standard InChI is InChI=1S/C33H35N3O5/c1-4-41-33(40)27(20-22-13-7-5-8-14-22)36-31(38)26(19-21(2)3)35-32(39)30(37)28-24-17-11-12-18-25(24)34-29(28)23-15-9-6-10-16-23/h5-18,21,26-27,34H,4,19-20H2,1-3H3,(H,35,39)(H,36,38)/t26-,27-/m0/s1. The van der Waals surface area contributed by atoms with E-state index in [1.54, 1.807) is 19.1 Å². The van der Waals surface area contributed by atoms with Crippen LogP contribution in [-0.4, -0.2) is 47.2 Å². The molecule has 3 aromatic carbocycles. The topological polar surface area (TPSA) is 117 Å². The molecule has 41 heavy (non-hydrogen) atoms. The Morgan fingerprint density at radius 2 is 1.44 bits per heavy atom. The number of carbonyl (C=O) groups excluding carboxylic acids is 4. The molecule has 8 heteroatoms. The number of ether oxygens (including phenoxy) is 1. The maximum atomic E-state index is 13.7. The van der Waals surface area contributed by atoms with Gasteiger partial charge in [-0.2, -0.15) is 0 Å². The average Bonchev–Trinajstić information content (AvgIpc) is 3.36. The fourth-order valence-electron chi connectivity index (χ4n) is 4.80. The van der Waals surface area contributed by atoms with Gasteiger partial charge < -0.3 is 20.4 Å². The zero-order valence-electron chi connectivity index (χ0n) is 23.5. The molecule has 4 rings (SSSR count). The first-order valence-corrected chi connectivity index (χ1v) is 13.8. The largest absolute Gasteiger partial charge is 0.464 e. The molecule has 0 saturated carbocycles. The van der Waals surface area contributed by atoms with Gasteiger partial charge in [0.15, 0.2) is 0 Å². The summed E-state index contributed by atoms with van der Waals surface area (Å²) in [5, 5.41) is 6.02. The lowest BCUT2D eigenvalue weighted by molar-refractivity contribution is -0.147. The minimum atomic E-state index is -1.04. The Kier molecular flexibility index (Phi) is 9.68. The van der Waals surface area contributed by atoms with Gasteiger partial charge in [-0.05, 0) is 36.5 Å². The third-order valence-electron chi connectivity index (χ3n) is 6.70. The van der Waals surface area contributed by atoms with E-state index in [0.29, 0.717) is 11.1 Å². The first-order chi connectivity index (χ1) is 19.8. The molecule has 2 atom stereocenters. The minimum absolute atomic E-state index is 0.0179. The maximum Gasteiger partial charge on any atom is 0.328 e. The summed E-state index contributed by atoms with van der Waals surface area (Å²) in [6.45, 7) is 5.68. The van der Waals surface area contributed by atoms with Crippen LogP contribution in [0.15, 0.2) is 84.9 Å². The molecule has 0 spiro atoms. The Bertz CT molecular complexity index is 1510. The van der Waals surface area contributed by atoms with Gasteiger partial charge in [-0.25, -0.2) is 4.79 Å². The molecule has 0 radical (unpaired) electrons. The summed E-state index contributed by atoms with van der Waals surface area (Å²) in [5.41, 5.74) is 3.09. The molecule has 0 aliphatic carbocycles. The normalized spacial score (nSPS) is 12.5. The molecule has 0 saturated heterocycles. The van der Waals surface area contributed by atoms with Gasteiger partial charge in [-0.1, -0.05) is 92.7 Å². The van der Waals surface area contributed by atoms with Crippen molar-refractivity contribution in [3.05, 3.63) is 96.1 Å². The molecule has 212 valence electrons. The summed E-state index contributed by atoms with van der Waals surface area (Å²) in [6.07, 6.45) is 0.494. The number of esters is 1. The summed E-state index contributed by atoms with van der Waals surface area (Å²) >= 11 is 0. The number of hydrogen-bond donors (Lipinski definition) is 3. The van der Waals surface area contributed by atoms with Gasteiger partial charge in [0, 0.05) is 17.3 Å². The third kappa shape index (κ3) is 7.28. The Labute approximate surface area is 239 Å². The van der Waals surface area contributed by atoms with Gasteiger partial charge in [0.25, 0.3) is 11.7 Å². The highest BCUT2D eigenvalue weighted by Gasteiger charge is 2.32. The van der Waals surface area contributed by atoms with Gasteiger partial charge in [0.1, 0.15) is 12.1 Å². The fraction of sp³-hybridized carbons (Fsp3) is 0.273. The van der Waals surface area contributed by atoms with Crippen molar-refractivity contribution < 1.29 is 23.9 Å². The molecule has 4 aromatic rings. The Morgan fingerprint density at radius 1 is 0.805 bits per heavy atom. The van der Waals surface area contributed by atoms with E-state index in [0.717, 1.165) is 16.6 Å². The van der Waals surface area contributed by atoms with Crippen molar-refractivity contribution in [3.63, 3.8) is 0 Å². The summed E-state index contributed by atoms with van der Waals surface area (Å²) in [5.74, 6) is -2.76. The summed E-state index contributed by atoms with van der Waals surface area (Å²) < 4.78 is 5.20. The molecule has 0 fully saturated rings. The number of ketones is 1. The summed E-state index contributed by atoms with van der Waals surface area (Å²) in [4.78, 5) is 56.6. The lowest BCUT2D eigenvalue weighted by Crippen LogP contribution is -2.54. The highest BCUT2D eigenvalue weighted by molar-refractivity contribution is 6.46. The van der Waals surface area contributed by atoms with E-state index in [1.807, 2.05) is 86.6 Å². The Morgan fingerprint density at radius 3 is 2.10 bits per heavy atom. The predicted octanol–water partition coefficient (Wildman–Crippen LogP) is 4.84. The number of nitrogens with one attached hydrogen (secondary N) is 3. The number of H-pyrrole nitrogens is 1. The SMILES string of the molecule is CCOC(=O)[C@H](Cc1ccccc1)NC(=O)[C@H](CC(C)C)NC(=O)C(=O)c1c(-c2ccccc2)[nH]c2ccccc12. The van der Waals surface area contributed by atoms with Crippen molar-refractivity contribution >= 4 is 34.5 Å². The molecular weight excluding hydrogens is 518 g/mol. The minimum Gasteiger partial charge on any atom is -0.464 e. The van der Waals surface area contributed by atoms with Crippen LogP contribution in [-0.2, 0) is 25.5 Å². The van der Waals surface area contributed by atoms with Crippen molar-refractivity contribution in [2.24, 2.45) is 5.92 Å². The number of Topliss-reactive ketones (excluding diaryl/α,β-unsaturated/α-hetero) is 1. The second-order valence-corrected chi connectivity index (χ2v) is 10.3. The monoisotopic (exact) mass is 553 g/mol. The van der Waals surface area contributed by atoms with Crippen LogP contribution in [0.1, 0.15) is 43.1 Å². The predicted molar refractivity (Wildman–Crippen MR) is 158 cm³/mol. The Hall–Kier alpha value is -4.72. The van der Waals surface area contributed by atoms with Crippen molar-refractivity contribution in [2.75, 3.05) is 6.61 Å². The molecule has 1 aromatic heterocycles. The number of para-hydroxylation sites is 1. The molecule has 8 nitrogen and oxygen atoms in total. The van der Waals surface area contributed by atoms with E-state index in [-0.39, 0.29) is 30.9 Å². The number of hydrogen-bond acceptors (Lipinski definition) is 5. The van der Waals surface area contributed by atoms with Crippen LogP contribution in [0.2, 0.25) is 0 Å². The van der Waals surface area contributed by atoms with Crippen LogP contribution < -0.4 is 10.6 Å². The first-order valence-electron chi connectivity index (χ1n) is 13.8. The second kappa shape index (κ2) is 13.6. The third-order valence-corrected chi connectivity index (χ3v) is 6.70. The van der Waals surface area contributed by atoms with Crippen molar-refractivity contribution in [1.82, 2.24) is 15.6 Å². The molecule has 1 heterocycles. The van der Waals surface area contributed by atoms with Crippen LogP contribution in [0.3, 0.4) is 0 Å². The van der Waals surface area contributed by atoms with E-state index in [9.17, 15) is 19.2 Å². The summed E-state index contributed by atoms with van der Waals surface area (Å²) in [7, 11) is 0. The molecule has 0 bridgehead atoms. The van der Waals surface area contributed by atoms with Gasteiger partial charge in [-0.15, -0.1) is 0 Å². The highest BCUT2D eigenvalue weighted by Crippen LogP contribution is 2.30. The molecular formula is C33H35N3O5. The van der Waals surface area contributed by atoms with E-state index in [4.69, 9.17) is 4.74 Å².